The largest absolute Gasteiger partial charge is 0.338 e. The van der Waals surface area contributed by atoms with E-state index in [-0.39, 0.29) is 6.03 Å². The molecule has 1 fully saturated rings. The van der Waals surface area contributed by atoms with Gasteiger partial charge in [0.1, 0.15) is 0 Å². The summed E-state index contributed by atoms with van der Waals surface area (Å²) in [6.07, 6.45) is 3.42. The fourth-order valence-electron chi connectivity index (χ4n) is 2.53. The molecule has 1 aliphatic rings. The Hall–Kier alpha value is -1.52. The van der Waals surface area contributed by atoms with E-state index < -0.39 is 0 Å². The summed E-state index contributed by atoms with van der Waals surface area (Å²) in [5.41, 5.74) is 2.22. The van der Waals surface area contributed by atoms with Crippen molar-refractivity contribution in [3.63, 3.8) is 0 Å². The number of carbonyl (C=O) groups is 1. The van der Waals surface area contributed by atoms with E-state index >= 15 is 0 Å². The van der Waals surface area contributed by atoms with Crippen molar-refractivity contribution in [2.45, 2.75) is 52.6 Å². The maximum Gasteiger partial charge on any atom is 0.317 e. The molecule has 20 heavy (non-hydrogen) atoms. The second-order valence-electron chi connectivity index (χ2n) is 5.92. The predicted molar refractivity (Wildman–Crippen MR) is 79.7 cm³/mol. The van der Waals surface area contributed by atoms with Crippen LogP contribution in [0.5, 0.6) is 0 Å². The number of urea groups is 1. The first-order valence-electron chi connectivity index (χ1n) is 7.50. The van der Waals surface area contributed by atoms with Gasteiger partial charge in [0.25, 0.3) is 0 Å². The molecule has 2 rings (SSSR count). The molecule has 5 heteroatoms. The molecule has 2 amide bonds. The van der Waals surface area contributed by atoms with Crippen LogP contribution in [0.4, 0.5) is 4.79 Å². The molecule has 0 radical (unpaired) electrons. The van der Waals surface area contributed by atoms with Gasteiger partial charge in [-0.3, -0.25) is 4.68 Å². The molecule has 1 saturated carbocycles. The molecular formula is C15H26N4O. The quantitative estimate of drug-likeness (QED) is 0.812. The Bertz CT molecular complexity index is 464. The summed E-state index contributed by atoms with van der Waals surface area (Å²) in [5, 5.41) is 7.40. The van der Waals surface area contributed by atoms with Crippen molar-refractivity contribution in [1.82, 2.24) is 20.0 Å². The predicted octanol–water partition coefficient (Wildman–Crippen LogP) is 2.33. The molecule has 0 saturated heterocycles. The zero-order chi connectivity index (χ0) is 14.7. The average molecular weight is 278 g/mol. The fourth-order valence-corrected chi connectivity index (χ4v) is 2.53. The van der Waals surface area contributed by atoms with E-state index in [4.69, 9.17) is 0 Å². The third-order valence-corrected chi connectivity index (χ3v) is 4.16. The van der Waals surface area contributed by atoms with Gasteiger partial charge in [0.2, 0.25) is 0 Å². The van der Waals surface area contributed by atoms with Crippen LogP contribution in [0.1, 0.15) is 37.6 Å². The molecule has 0 aliphatic heterocycles. The summed E-state index contributed by atoms with van der Waals surface area (Å²) in [7, 11) is 1.89. The normalized spacial score (nSPS) is 16.0. The summed E-state index contributed by atoms with van der Waals surface area (Å²) in [4.78, 5) is 13.8. The number of hydrogen-bond donors (Lipinski definition) is 1. The molecule has 1 unspecified atom stereocenters. The highest BCUT2D eigenvalue weighted by Gasteiger charge is 2.32. The SMILES string of the molecule is Cc1cc(C)n(CCCNC(=O)N(C)C(C)C2CC2)n1. The Morgan fingerprint density at radius 2 is 2.25 bits per heavy atom. The summed E-state index contributed by atoms with van der Waals surface area (Å²) < 4.78 is 2.00. The second-order valence-corrected chi connectivity index (χ2v) is 5.92. The van der Waals surface area contributed by atoms with Gasteiger partial charge in [-0.25, -0.2) is 4.79 Å². The smallest absolute Gasteiger partial charge is 0.317 e. The zero-order valence-corrected chi connectivity index (χ0v) is 13.0. The molecule has 1 atom stereocenters. The van der Waals surface area contributed by atoms with Gasteiger partial charge in [0.05, 0.1) is 5.69 Å². The highest BCUT2D eigenvalue weighted by atomic mass is 16.2. The molecule has 0 spiro atoms. The number of carbonyl (C=O) groups excluding carboxylic acids is 1. The van der Waals surface area contributed by atoms with E-state index in [9.17, 15) is 4.79 Å². The summed E-state index contributed by atoms with van der Waals surface area (Å²) >= 11 is 0. The molecule has 5 nitrogen and oxygen atoms in total. The van der Waals surface area contributed by atoms with Crippen molar-refractivity contribution in [3.05, 3.63) is 17.5 Å². The first kappa shape index (κ1) is 14.9. The highest BCUT2D eigenvalue weighted by Crippen LogP contribution is 2.34. The van der Waals surface area contributed by atoms with Crippen molar-refractivity contribution in [1.29, 1.82) is 0 Å². The highest BCUT2D eigenvalue weighted by molar-refractivity contribution is 5.74. The first-order chi connectivity index (χ1) is 9.49. The van der Waals surface area contributed by atoms with Gasteiger partial charge >= 0.3 is 6.03 Å². The fraction of sp³-hybridized carbons (Fsp3) is 0.733. The van der Waals surface area contributed by atoms with Crippen LogP contribution < -0.4 is 5.32 Å². The molecule has 1 heterocycles. The van der Waals surface area contributed by atoms with Crippen molar-refractivity contribution in [3.8, 4) is 0 Å². The molecule has 1 N–H and O–H groups in total. The minimum absolute atomic E-state index is 0.0396. The van der Waals surface area contributed by atoms with Gasteiger partial charge in [-0.05, 0) is 52.0 Å². The number of nitrogens with one attached hydrogen (secondary N) is 1. The number of aryl methyl sites for hydroxylation is 3. The van der Waals surface area contributed by atoms with Crippen LogP contribution in [0.15, 0.2) is 6.07 Å². The molecule has 112 valence electrons. The average Bonchev–Trinajstić information content (AvgIpc) is 3.19. The van der Waals surface area contributed by atoms with Gasteiger partial charge < -0.3 is 10.2 Å². The van der Waals surface area contributed by atoms with E-state index in [1.807, 2.05) is 23.6 Å². The molecule has 1 aromatic rings. The van der Waals surface area contributed by atoms with Crippen molar-refractivity contribution >= 4 is 6.03 Å². The van der Waals surface area contributed by atoms with E-state index in [0.29, 0.717) is 18.5 Å². The van der Waals surface area contributed by atoms with Gasteiger partial charge in [-0.1, -0.05) is 0 Å². The number of amides is 2. The van der Waals surface area contributed by atoms with Crippen LogP contribution in [-0.4, -0.2) is 40.3 Å². The summed E-state index contributed by atoms with van der Waals surface area (Å²) in [6.45, 7) is 7.73. The van der Waals surface area contributed by atoms with Crippen LogP contribution in [0.2, 0.25) is 0 Å². The molecule has 1 aliphatic carbocycles. The Morgan fingerprint density at radius 3 is 2.80 bits per heavy atom. The molecular weight excluding hydrogens is 252 g/mol. The molecule has 0 aromatic carbocycles. The van der Waals surface area contributed by atoms with Gasteiger partial charge in [0, 0.05) is 31.9 Å². The minimum Gasteiger partial charge on any atom is -0.338 e. The Kier molecular flexibility index (Phi) is 4.68. The summed E-state index contributed by atoms with van der Waals surface area (Å²) in [5.74, 6) is 0.709. The van der Waals surface area contributed by atoms with E-state index in [0.717, 1.165) is 18.7 Å². The van der Waals surface area contributed by atoms with E-state index in [2.05, 4.69) is 30.3 Å². The van der Waals surface area contributed by atoms with Gasteiger partial charge in [0.15, 0.2) is 0 Å². The first-order valence-corrected chi connectivity index (χ1v) is 7.50. The van der Waals surface area contributed by atoms with Crippen LogP contribution in [-0.2, 0) is 6.54 Å². The number of hydrogen-bond acceptors (Lipinski definition) is 2. The third kappa shape index (κ3) is 3.74. The lowest BCUT2D eigenvalue weighted by molar-refractivity contribution is 0.187. The number of nitrogens with zero attached hydrogens (tertiary/aromatic N) is 3. The maximum absolute atomic E-state index is 12.0. The van der Waals surface area contributed by atoms with Gasteiger partial charge in [-0.15, -0.1) is 0 Å². The molecule has 0 bridgehead atoms. The second kappa shape index (κ2) is 6.29. The Labute approximate surface area is 121 Å². The maximum atomic E-state index is 12.0. The third-order valence-electron chi connectivity index (χ3n) is 4.16. The van der Waals surface area contributed by atoms with Crippen LogP contribution in [0.25, 0.3) is 0 Å². The lowest BCUT2D eigenvalue weighted by Gasteiger charge is -2.25. The minimum atomic E-state index is 0.0396. The van der Waals surface area contributed by atoms with Crippen LogP contribution in [0.3, 0.4) is 0 Å². The Morgan fingerprint density at radius 1 is 1.55 bits per heavy atom. The van der Waals surface area contributed by atoms with Gasteiger partial charge in [-0.2, -0.15) is 5.10 Å². The summed E-state index contributed by atoms with van der Waals surface area (Å²) in [6, 6.07) is 2.47. The number of rotatable bonds is 6. The lowest BCUT2D eigenvalue weighted by Crippen LogP contribution is -2.43. The van der Waals surface area contributed by atoms with Crippen molar-refractivity contribution < 1.29 is 4.79 Å². The van der Waals surface area contributed by atoms with E-state index in [1.54, 1.807) is 0 Å². The van der Waals surface area contributed by atoms with Crippen LogP contribution in [0, 0.1) is 19.8 Å². The zero-order valence-electron chi connectivity index (χ0n) is 13.0. The lowest BCUT2D eigenvalue weighted by atomic mass is 10.2. The number of aromatic nitrogens is 2. The van der Waals surface area contributed by atoms with E-state index in [1.165, 1.54) is 18.5 Å². The van der Waals surface area contributed by atoms with Crippen molar-refractivity contribution in [2.24, 2.45) is 5.92 Å². The standard InChI is InChI=1S/C15H26N4O/c1-11-10-12(2)19(17-11)9-5-8-16-15(20)18(4)13(3)14-6-7-14/h10,13-14H,5-9H2,1-4H3,(H,16,20). The van der Waals surface area contributed by atoms with Crippen LogP contribution >= 0.6 is 0 Å². The monoisotopic (exact) mass is 278 g/mol. The van der Waals surface area contributed by atoms with Crippen molar-refractivity contribution in [2.75, 3.05) is 13.6 Å². The molecule has 1 aromatic heterocycles. The topological polar surface area (TPSA) is 50.2 Å². The Balaban J connectivity index is 1.67.